The van der Waals surface area contributed by atoms with E-state index in [-0.39, 0.29) is 42.3 Å². The minimum absolute atomic E-state index is 0.111. The molecule has 0 aromatic heterocycles. The van der Waals surface area contributed by atoms with E-state index in [1.54, 1.807) is 7.05 Å². The fourth-order valence-corrected chi connectivity index (χ4v) is 3.70. The van der Waals surface area contributed by atoms with Crippen molar-refractivity contribution in [3.8, 4) is 0 Å². The predicted octanol–water partition coefficient (Wildman–Crippen LogP) is 5.95. The molecular formula is C30H61N3O6. The van der Waals surface area contributed by atoms with Crippen LogP contribution in [0.2, 0.25) is 0 Å². The number of urea groups is 1. The van der Waals surface area contributed by atoms with E-state index in [0.29, 0.717) is 6.61 Å². The van der Waals surface area contributed by atoms with Crippen LogP contribution in [0.25, 0.3) is 0 Å². The number of aldehydes is 1. The Morgan fingerprint density at radius 2 is 1.49 bits per heavy atom. The van der Waals surface area contributed by atoms with Crippen molar-refractivity contribution in [3.63, 3.8) is 0 Å². The number of aliphatic carboxylic acids is 1. The Morgan fingerprint density at radius 3 is 1.92 bits per heavy atom. The van der Waals surface area contributed by atoms with Crippen LogP contribution in [0.3, 0.4) is 0 Å². The summed E-state index contributed by atoms with van der Waals surface area (Å²) in [6.45, 7) is 16.5. The molecule has 1 saturated carbocycles. The minimum Gasteiger partial charge on any atom is -0.480 e. The van der Waals surface area contributed by atoms with Gasteiger partial charge in [0.2, 0.25) is 0 Å². The molecule has 0 aromatic rings. The van der Waals surface area contributed by atoms with E-state index >= 15 is 0 Å². The third-order valence-corrected chi connectivity index (χ3v) is 6.13. The normalized spacial score (nSPS) is 14.1. The molecule has 9 nitrogen and oxygen atoms in total. The molecule has 1 rings (SSSR count). The second kappa shape index (κ2) is 29.0. The quantitative estimate of drug-likeness (QED) is 0.0926. The van der Waals surface area contributed by atoms with Crippen molar-refractivity contribution in [3.05, 3.63) is 0 Å². The van der Waals surface area contributed by atoms with Gasteiger partial charge >= 0.3 is 12.0 Å². The van der Waals surface area contributed by atoms with E-state index in [1.807, 2.05) is 34.6 Å². The SMILES string of the molecule is CC.CC=O.CCCCCCCC(C)C(NC)C(=O)O.CCCCOCNC(=O)NC(C(=O)C1CC1)C(C)C. The lowest BCUT2D eigenvalue weighted by Crippen LogP contribution is -2.49. The fraction of sp³-hybridized carbons (Fsp3) is 0.867. The number of carbonyl (C=O) groups is 4. The summed E-state index contributed by atoms with van der Waals surface area (Å²) >= 11 is 0. The molecule has 0 aromatic carbocycles. The summed E-state index contributed by atoms with van der Waals surface area (Å²) in [6, 6.07) is -1.11. The summed E-state index contributed by atoms with van der Waals surface area (Å²) < 4.78 is 5.25. The van der Waals surface area contributed by atoms with Gasteiger partial charge in [-0.3, -0.25) is 9.59 Å². The number of rotatable bonds is 18. The maximum Gasteiger partial charge on any atom is 0.320 e. The average Bonchev–Trinajstić information content (AvgIpc) is 3.74. The van der Waals surface area contributed by atoms with Gasteiger partial charge in [-0.2, -0.15) is 0 Å². The summed E-state index contributed by atoms with van der Waals surface area (Å²) in [5.41, 5.74) is 0. The smallest absolute Gasteiger partial charge is 0.320 e. The molecule has 1 aliphatic rings. The highest BCUT2D eigenvalue weighted by atomic mass is 16.5. The molecule has 39 heavy (non-hydrogen) atoms. The molecule has 0 bridgehead atoms. The van der Waals surface area contributed by atoms with Gasteiger partial charge in [-0.25, -0.2) is 4.79 Å². The molecule has 3 atom stereocenters. The number of likely N-dealkylation sites (N-methyl/N-ethyl adjacent to an activating group) is 1. The van der Waals surface area contributed by atoms with Gasteiger partial charge in [0.15, 0.2) is 5.78 Å². The van der Waals surface area contributed by atoms with Crippen LogP contribution in [0.15, 0.2) is 0 Å². The molecule has 9 heteroatoms. The highest BCUT2D eigenvalue weighted by molar-refractivity contribution is 5.91. The number of ether oxygens (including phenoxy) is 1. The van der Waals surface area contributed by atoms with Crippen molar-refractivity contribution in [2.24, 2.45) is 17.8 Å². The van der Waals surface area contributed by atoms with Crippen LogP contribution in [0.4, 0.5) is 4.79 Å². The van der Waals surface area contributed by atoms with Crippen LogP contribution in [0.5, 0.6) is 0 Å². The summed E-state index contributed by atoms with van der Waals surface area (Å²) in [5, 5.41) is 17.1. The van der Waals surface area contributed by atoms with Crippen LogP contribution in [0.1, 0.15) is 120 Å². The van der Waals surface area contributed by atoms with Gasteiger partial charge in [-0.15, -0.1) is 0 Å². The standard InChI is InChI=1S/C14H26N2O3.C12H25NO2.C2H4O.C2H6/c1-4-5-8-19-9-15-14(18)16-12(10(2)3)13(17)11-6-7-11;1-4-5-6-7-8-9-10(2)11(13-3)12(14)15;1-2-3;1-2/h10-12H,4-9H2,1-3H3,(H2,15,16,18);10-11,13H,4-9H2,1-3H3,(H,14,15);2H,1H3;1-2H3. The third kappa shape index (κ3) is 24.8. The Kier molecular flexibility index (Phi) is 30.8. The van der Waals surface area contributed by atoms with Gasteiger partial charge < -0.3 is 30.6 Å². The number of hydrogen-bond acceptors (Lipinski definition) is 6. The number of nitrogens with one attached hydrogen (secondary N) is 3. The lowest BCUT2D eigenvalue weighted by molar-refractivity contribution is -0.140. The lowest BCUT2D eigenvalue weighted by atomic mass is 9.95. The molecule has 0 saturated heterocycles. The number of Topliss-reactive ketones (excluding diaryl/α,β-unsaturated/α-hetero) is 1. The van der Waals surface area contributed by atoms with Crippen molar-refractivity contribution in [2.45, 2.75) is 132 Å². The monoisotopic (exact) mass is 559 g/mol. The van der Waals surface area contributed by atoms with Crippen molar-refractivity contribution >= 4 is 24.1 Å². The number of hydrogen-bond donors (Lipinski definition) is 4. The first-order valence-electron chi connectivity index (χ1n) is 15.1. The van der Waals surface area contributed by atoms with Crippen molar-refractivity contribution in [1.29, 1.82) is 0 Å². The van der Waals surface area contributed by atoms with E-state index in [0.717, 1.165) is 44.8 Å². The number of carboxylic acid groups (broad SMARTS) is 1. The van der Waals surface area contributed by atoms with Crippen molar-refractivity contribution < 1.29 is 29.0 Å². The number of amides is 2. The highest BCUT2D eigenvalue weighted by Gasteiger charge is 2.36. The van der Waals surface area contributed by atoms with Crippen LogP contribution in [-0.2, 0) is 19.1 Å². The van der Waals surface area contributed by atoms with E-state index in [1.165, 1.54) is 32.6 Å². The molecule has 0 aliphatic heterocycles. The van der Waals surface area contributed by atoms with Gasteiger partial charge in [0.25, 0.3) is 0 Å². The molecule has 2 amide bonds. The molecule has 232 valence electrons. The van der Waals surface area contributed by atoms with Crippen LogP contribution in [0, 0.1) is 17.8 Å². The topological polar surface area (TPSA) is 134 Å². The van der Waals surface area contributed by atoms with E-state index in [4.69, 9.17) is 14.6 Å². The molecule has 1 aliphatic carbocycles. The van der Waals surface area contributed by atoms with Crippen molar-refractivity contribution in [2.75, 3.05) is 20.4 Å². The molecule has 0 spiro atoms. The Balaban J connectivity index is -0.000000582. The zero-order chi connectivity index (χ0) is 30.6. The van der Waals surface area contributed by atoms with Gasteiger partial charge in [0.1, 0.15) is 19.1 Å². The number of carboxylic acids is 1. The Morgan fingerprint density at radius 1 is 0.949 bits per heavy atom. The third-order valence-electron chi connectivity index (χ3n) is 6.13. The Labute approximate surface area is 239 Å². The molecule has 1 fully saturated rings. The zero-order valence-corrected chi connectivity index (χ0v) is 26.4. The van der Waals surface area contributed by atoms with Crippen LogP contribution >= 0.6 is 0 Å². The van der Waals surface area contributed by atoms with E-state index < -0.39 is 12.0 Å². The fourth-order valence-electron chi connectivity index (χ4n) is 3.70. The van der Waals surface area contributed by atoms with Crippen molar-refractivity contribution in [1.82, 2.24) is 16.0 Å². The summed E-state index contributed by atoms with van der Waals surface area (Å²) in [6.07, 6.45) is 11.9. The average molecular weight is 560 g/mol. The van der Waals surface area contributed by atoms with Gasteiger partial charge in [0, 0.05) is 12.5 Å². The zero-order valence-electron chi connectivity index (χ0n) is 26.4. The molecule has 0 radical (unpaired) electrons. The summed E-state index contributed by atoms with van der Waals surface area (Å²) in [7, 11) is 1.71. The van der Waals surface area contributed by atoms with E-state index in [9.17, 15) is 14.4 Å². The first kappa shape index (κ1) is 41.5. The van der Waals surface area contributed by atoms with Crippen LogP contribution in [-0.4, -0.2) is 61.6 Å². The second-order valence-electron chi connectivity index (χ2n) is 9.98. The highest BCUT2D eigenvalue weighted by Crippen LogP contribution is 2.32. The maximum absolute atomic E-state index is 12.0. The number of ketones is 1. The lowest BCUT2D eigenvalue weighted by Gasteiger charge is -2.21. The summed E-state index contributed by atoms with van der Waals surface area (Å²) in [5.74, 6) is -0.0851. The largest absolute Gasteiger partial charge is 0.480 e. The van der Waals surface area contributed by atoms with E-state index in [2.05, 4.69) is 29.8 Å². The maximum atomic E-state index is 12.0. The van der Waals surface area contributed by atoms with Gasteiger partial charge in [0.05, 0.1) is 6.04 Å². The first-order chi connectivity index (χ1) is 18.6. The van der Waals surface area contributed by atoms with Gasteiger partial charge in [-0.05, 0) is 51.5 Å². The molecule has 3 unspecified atom stereocenters. The minimum atomic E-state index is -0.737. The first-order valence-corrected chi connectivity index (χ1v) is 15.1. The summed E-state index contributed by atoms with van der Waals surface area (Å²) in [4.78, 5) is 43.4. The molecule has 4 N–H and O–H groups in total. The Bertz CT molecular complexity index is 612. The van der Waals surface area contributed by atoms with Crippen LogP contribution < -0.4 is 16.0 Å². The number of carbonyl (C=O) groups excluding carboxylic acids is 3. The van der Waals surface area contributed by atoms with Gasteiger partial charge in [-0.1, -0.05) is 87.0 Å². The molecule has 0 heterocycles. The second-order valence-corrected chi connectivity index (χ2v) is 9.98. The Hall–Kier alpha value is -2.00. The number of unbranched alkanes of at least 4 members (excludes halogenated alkanes) is 5. The molecular weight excluding hydrogens is 498 g/mol. The predicted molar refractivity (Wildman–Crippen MR) is 160 cm³/mol.